The Morgan fingerprint density at radius 3 is 2.77 bits per heavy atom. The first-order valence-corrected chi connectivity index (χ1v) is 9.11. The van der Waals surface area contributed by atoms with Crippen molar-refractivity contribution in [3.05, 3.63) is 10.8 Å². The topological polar surface area (TPSA) is 72.2 Å². The standard InChI is InChI=1S/C15H21N5OS/c21-14(11-4-2-1-3-5-11)16-9-8-12-19-20-13(10-6-7-10)17-18-15(20)22-12/h10-11H,1-9H2,(H,16,21). The van der Waals surface area contributed by atoms with E-state index in [9.17, 15) is 4.79 Å². The Kier molecular flexibility index (Phi) is 3.82. The molecule has 0 spiro atoms. The summed E-state index contributed by atoms with van der Waals surface area (Å²) in [6, 6.07) is 0. The second-order valence-electron chi connectivity index (χ2n) is 6.40. The summed E-state index contributed by atoms with van der Waals surface area (Å²) in [5.74, 6) is 2.01. The largest absolute Gasteiger partial charge is 0.355 e. The van der Waals surface area contributed by atoms with Gasteiger partial charge in [0.15, 0.2) is 5.82 Å². The van der Waals surface area contributed by atoms with Gasteiger partial charge in [-0.05, 0) is 25.7 Å². The van der Waals surface area contributed by atoms with Gasteiger partial charge >= 0.3 is 0 Å². The molecule has 22 heavy (non-hydrogen) atoms. The monoisotopic (exact) mass is 319 g/mol. The molecule has 2 aromatic rings. The third-order valence-electron chi connectivity index (χ3n) is 4.61. The molecule has 0 aliphatic heterocycles. The third-order valence-corrected chi connectivity index (χ3v) is 5.57. The molecule has 2 aliphatic rings. The molecule has 2 fully saturated rings. The average Bonchev–Trinajstić information content (AvgIpc) is 3.19. The molecule has 2 heterocycles. The summed E-state index contributed by atoms with van der Waals surface area (Å²) in [6.45, 7) is 0.665. The van der Waals surface area contributed by atoms with E-state index in [0.29, 0.717) is 12.5 Å². The van der Waals surface area contributed by atoms with Crippen molar-refractivity contribution in [1.82, 2.24) is 25.1 Å². The second kappa shape index (κ2) is 5.95. The van der Waals surface area contributed by atoms with E-state index < -0.39 is 0 Å². The van der Waals surface area contributed by atoms with Crippen LogP contribution >= 0.6 is 11.3 Å². The van der Waals surface area contributed by atoms with E-state index in [1.165, 1.54) is 32.1 Å². The van der Waals surface area contributed by atoms with Crippen LogP contribution < -0.4 is 5.32 Å². The summed E-state index contributed by atoms with van der Waals surface area (Å²) in [7, 11) is 0. The summed E-state index contributed by atoms with van der Waals surface area (Å²) in [5, 5.41) is 17.1. The molecular formula is C15H21N5OS. The van der Waals surface area contributed by atoms with E-state index in [4.69, 9.17) is 0 Å². The van der Waals surface area contributed by atoms with Gasteiger partial charge in [0, 0.05) is 24.8 Å². The number of nitrogens with zero attached hydrogens (tertiary/aromatic N) is 4. The van der Waals surface area contributed by atoms with Gasteiger partial charge in [-0.2, -0.15) is 9.61 Å². The Bertz CT molecular complexity index is 669. The highest BCUT2D eigenvalue weighted by molar-refractivity contribution is 7.16. The number of amides is 1. The molecule has 4 rings (SSSR count). The van der Waals surface area contributed by atoms with Crippen LogP contribution in [0.1, 0.15) is 61.7 Å². The molecular weight excluding hydrogens is 298 g/mol. The smallest absolute Gasteiger partial charge is 0.234 e. The number of nitrogens with one attached hydrogen (secondary N) is 1. The SMILES string of the molecule is O=C(NCCc1nn2c(C3CC3)nnc2s1)C1CCCCC1. The molecule has 7 heteroatoms. The van der Waals surface area contributed by atoms with Gasteiger partial charge in [0.25, 0.3) is 0 Å². The summed E-state index contributed by atoms with van der Waals surface area (Å²) < 4.78 is 1.89. The van der Waals surface area contributed by atoms with Crippen molar-refractivity contribution in [2.45, 2.75) is 57.3 Å². The Balaban J connectivity index is 1.32. The fourth-order valence-corrected chi connectivity index (χ4v) is 4.01. The summed E-state index contributed by atoms with van der Waals surface area (Å²) in [6.07, 6.45) is 8.94. The molecule has 2 saturated carbocycles. The molecule has 0 saturated heterocycles. The minimum absolute atomic E-state index is 0.223. The third kappa shape index (κ3) is 2.86. The number of fused-ring (bicyclic) bond motifs is 1. The number of carbonyl (C=O) groups excluding carboxylic acids is 1. The highest BCUT2D eigenvalue weighted by Crippen LogP contribution is 2.39. The summed E-state index contributed by atoms with van der Waals surface area (Å²) >= 11 is 1.58. The summed E-state index contributed by atoms with van der Waals surface area (Å²) in [5.41, 5.74) is 0. The first kappa shape index (κ1) is 14.1. The Morgan fingerprint density at radius 2 is 2.00 bits per heavy atom. The first-order chi connectivity index (χ1) is 10.8. The molecule has 2 aliphatic carbocycles. The maximum absolute atomic E-state index is 12.1. The lowest BCUT2D eigenvalue weighted by atomic mass is 9.89. The fraction of sp³-hybridized carbons (Fsp3) is 0.733. The van der Waals surface area contributed by atoms with Gasteiger partial charge in [0.05, 0.1) is 0 Å². The minimum Gasteiger partial charge on any atom is -0.355 e. The van der Waals surface area contributed by atoms with E-state index in [2.05, 4.69) is 20.6 Å². The predicted octanol–water partition coefficient (Wildman–Crippen LogP) is 2.30. The van der Waals surface area contributed by atoms with Gasteiger partial charge in [-0.15, -0.1) is 10.2 Å². The second-order valence-corrected chi connectivity index (χ2v) is 7.44. The zero-order valence-corrected chi connectivity index (χ0v) is 13.4. The van der Waals surface area contributed by atoms with E-state index in [-0.39, 0.29) is 11.8 Å². The van der Waals surface area contributed by atoms with Crippen molar-refractivity contribution >= 4 is 22.2 Å². The Labute approximate surface area is 133 Å². The number of carbonyl (C=O) groups is 1. The van der Waals surface area contributed by atoms with Crippen LogP contribution in [0.15, 0.2) is 0 Å². The normalized spacial score (nSPS) is 19.6. The molecule has 1 amide bonds. The van der Waals surface area contributed by atoms with Gasteiger partial charge in [-0.1, -0.05) is 30.6 Å². The number of hydrogen-bond acceptors (Lipinski definition) is 5. The minimum atomic E-state index is 0.223. The zero-order chi connectivity index (χ0) is 14.9. The first-order valence-electron chi connectivity index (χ1n) is 8.30. The van der Waals surface area contributed by atoms with Crippen LogP contribution in [0.25, 0.3) is 4.96 Å². The molecule has 2 aromatic heterocycles. The van der Waals surface area contributed by atoms with Crippen molar-refractivity contribution in [2.24, 2.45) is 5.92 Å². The molecule has 0 aromatic carbocycles. The van der Waals surface area contributed by atoms with E-state index in [1.807, 2.05) is 4.52 Å². The predicted molar refractivity (Wildman–Crippen MR) is 83.9 cm³/mol. The lowest BCUT2D eigenvalue weighted by Crippen LogP contribution is -2.33. The van der Waals surface area contributed by atoms with Gasteiger partial charge in [0.2, 0.25) is 10.9 Å². The highest BCUT2D eigenvalue weighted by atomic mass is 32.1. The van der Waals surface area contributed by atoms with Crippen LogP contribution in [0.4, 0.5) is 0 Å². The molecule has 0 atom stereocenters. The molecule has 118 valence electrons. The molecule has 6 nitrogen and oxygen atoms in total. The van der Waals surface area contributed by atoms with Crippen molar-refractivity contribution in [3.63, 3.8) is 0 Å². The maximum Gasteiger partial charge on any atom is 0.234 e. The van der Waals surface area contributed by atoms with E-state index in [1.54, 1.807) is 11.3 Å². The molecule has 0 radical (unpaired) electrons. The van der Waals surface area contributed by atoms with Crippen LogP contribution in [0.5, 0.6) is 0 Å². The van der Waals surface area contributed by atoms with Crippen molar-refractivity contribution < 1.29 is 4.79 Å². The Hall–Kier alpha value is -1.50. The lowest BCUT2D eigenvalue weighted by Gasteiger charge is -2.20. The average molecular weight is 319 g/mol. The maximum atomic E-state index is 12.1. The quantitative estimate of drug-likeness (QED) is 0.918. The van der Waals surface area contributed by atoms with Crippen LogP contribution in [0.2, 0.25) is 0 Å². The number of hydrogen-bond donors (Lipinski definition) is 1. The van der Waals surface area contributed by atoms with Gasteiger partial charge in [0.1, 0.15) is 5.01 Å². The van der Waals surface area contributed by atoms with Crippen LogP contribution in [0.3, 0.4) is 0 Å². The van der Waals surface area contributed by atoms with E-state index in [0.717, 1.165) is 35.1 Å². The van der Waals surface area contributed by atoms with Crippen molar-refractivity contribution in [1.29, 1.82) is 0 Å². The summed E-state index contributed by atoms with van der Waals surface area (Å²) in [4.78, 5) is 13.0. The Morgan fingerprint density at radius 1 is 1.18 bits per heavy atom. The van der Waals surface area contributed by atoms with Crippen molar-refractivity contribution in [2.75, 3.05) is 6.54 Å². The molecule has 0 unspecified atom stereocenters. The van der Waals surface area contributed by atoms with Crippen LogP contribution in [-0.2, 0) is 11.2 Å². The van der Waals surface area contributed by atoms with Gasteiger partial charge in [-0.3, -0.25) is 4.79 Å². The van der Waals surface area contributed by atoms with E-state index >= 15 is 0 Å². The molecule has 0 bridgehead atoms. The number of aromatic nitrogens is 4. The lowest BCUT2D eigenvalue weighted by molar-refractivity contribution is -0.125. The number of rotatable bonds is 5. The fourth-order valence-electron chi connectivity index (χ4n) is 3.17. The highest BCUT2D eigenvalue weighted by Gasteiger charge is 2.30. The zero-order valence-electron chi connectivity index (χ0n) is 12.6. The van der Waals surface area contributed by atoms with Crippen LogP contribution in [-0.4, -0.2) is 32.3 Å². The van der Waals surface area contributed by atoms with Gasteiger partial charge < -0.3 is 5.32 Å². The van der Waals surface area contributed by atoms with Crippen molar-refractivity contribution in [3.8, 4) is 0 Å². The molecule has 1 N–H and O–H groups in total. The van der Waals surface area contributed by atoms with Gasteiger partial charge in [-0.25, -0.2) is 0 Å². The van der Waals surface area contributed by atoms with Crippen LogP contribution in [0, 0.1) is 5.92 Å².